The first-order chi connectivity index (χ1) is 10.7. The van der Waals surface area contributed by atoms with E-state index in [1.165, 1.54) is 16.8 Å². The maximum atomic E-state index is 12.2. The fourth-order valence-corrected chi connectivity index (χ4v) is 2.73. The van der Waals surface area contributed by atoms with Gasteiger partial charge in [-0.3, -0.25) is 0 Å². The molecule has 108 valence electrons. The fraction of sp³-hybridized carbons (Fsp3) is 0.118. The molecule has 5 heteroatoms. The molecule has 2 heterocycles. The standard InChI is InChI=1S/C17H14N4O/c1-12-8-16(22)17-20(18-11-21(17)19-12)10-13-6-7-14-4-2-3-5-15(14)9-13/h2-9,11H,10H2,1H3. The van der Waals surface area contributed by atoms with Gasteiger partial charge in [0, 0.05) is 5.10 Å². The largest absolute Gasteiger partial charge is 0.868 e. The summed E-state index contributed by atoms with van der Waals surface area (Å²) < 4.78 is 3.23. The number of nitrogens with zero attached hydrogens (tertiary/aromatic N) is 4. The third-order valence-electron chi connectivity index (χ3n) is 3.73. The molecule has 0 saturated carbocycles. The van der Waals surface area contributed by atoms with Crippen molar-refractivity contribution in [2.75, 3.05) is 0 Å². The molecule has 0 N–H and O–H groups in total. The van der Waals surface area contributed by atoms with Gasteiger partial charge in [-0.1, -0.05) is 36.4 Å². The summed E-state index contributed by atoms with van der Waals surface area (Å²) >= 11 is 0. The van der Waals surface area contributed by atoms with Crippen molar-refractivity contribution in [2.45, 2.75) is 13.5 Å². The Hall–Kier alpha value is -2.95. The highest BCUT2D eigenvalue weighted by molar-refractivity contribution is 5.83. The minimum Gasteiger partial charge on any atom is -0.868 e. The van der Waals surface area contributed by atoms with Gasteiger partial charge in [0.1, 0.15) is 6.54 Å². The van der Waals surface area contributed by atoms with Crippen LogP contribution in [0.2, 0.25) is 0 Å². The van der Waals surface area contributed by atoms with Crippen molar-refractivity contribution in [3.63, 3.8) is 0 Å². The van der Waals surface area contributed by atoms with Crippen LogP contribution in [0.4, 0.5) is 0 Å². The van der Waals surface area contributed by atoms with Gasteiger partial charge in [0.25, 0.3) is 12.0 Å². The molecule has 0 bridgehead atoms. The molecule has 0 unspecified atom stereocenters. The van der Waals surface area contributed by atoms with Gasteiger partial charge in [-0.15, -0.1) is 14.3 Å². The van der Waals surface area contributed by atoms with Crippen LogP contribution >= 0.6 is 0 Å². The summed E-state index contributed by atoms with van der Waals surface area (Å²) in [6, 6.07) is 16.0. The first-order valence-electron chi connectivity index (χ1n) is 7.10. The van der Waals surface area contributed by atoms with E-state index in [4.69, 9.17) is 0 Å². The van der Waals surface area contributed by atoms with Gasteiger partial charge in [0.15, 0.2) is 0 Å². The van der Waals surface area contributed by atoms with E-state index in [0.29, 0.717) is 17.9 Å². The van der Waals surface area contributed by atoms with Crippen LogP contribution in [0.5, 0.6) is 5.75 Å². The Balaban J connectivity index is 1.79. The van der Waals surface area contributed by atoms with Gasteiger partial charge in [-0.2, -0.15) is 0 Å². The molecule has 0 aliphatic rings. The summed E-state index contributed by atoms with van der Waals surface area (Å²) in [6.45, 7) is 2.34. The third kappa shape index (κ3) is 2.07. The van der Waals surface area contributed by atoms with Crippen LogP contribution in [0, 0.1) is 6.92 Å². The van der Waals surface area contributed by atoms with Crippen molar-refractivity contribution in [3.05, 3.63) is 66.1 Å². The van der Waals surface area contributed by atoms with Crippen molar-refractivity contribution >= 4 is 16.4 Å². The van der Waals surface area contributed by atoms with Crippen molar-refractivity contribution in [1.29, 1.82) is 0 Å². The smallest absolute Gasteiger partial charge is 0.289 e. The lowest BCUT2D eigenvalue weighted by molar-refractivity contribution is -0.584. The van der Waals surface area contributed by atoms with Gasteiger partial charge in [-0.05, 0) is 41.1 Å². The van der Waals surface area contributed by atoms with Gasteiger partial charge in [0.05, 0.1) is 5.69 Å². The number of aromatic nitrogens is 4. The predicted octanol–water partition coefficient (Wildman–Crippen LogP) is 1.60. The lowest BCUT2D eigenvalue weighted by atomic mass is 10.1. The summed E-state index contributed by atoms with van der Waals surface area (Å²) in [5.41, 5.74) is 2.27. The van der Waals surface area contributed by atoms with Crippen molar-refractivity contribution in [1.82, 2.24) is 14.9 Å². The Morgan fingerprint density at radius 3 is 2.77 bits per heavy atom. The highest BCUT2D eigenvalue weighted by atomic mass is 16.3. The molecule has 0 amide bonds. The molecular formula is C17H14N4O. The van der Waals surface area contributed by atoms with Crippen molar-refractivity contribution in [3.8, 4) is 5.75 Å². The minimum atomic E-state index is -0.0641. The molecule has 0 fully saturated rings. The molecule has 22 heavy (non-hydrogen) atoms. The van der Waals surface area contributed by atoms with E-state index in [2.05, 4.69) is 40.5 Å². The zero-order chi connectivity index (χ0) is 15.1. The Labute approximate surface area is 127 Å². The predicted molar refractivity (Wildman–Crippen MR) is 80.4 cm³/mol. The van der Waals surface area contributed by atoms with Crippen LogP contribution in [-0.4, -0.2) is 14.9 Å². The van der Waals surface area contributed by atoms with Crippen LogP contribution in [0.3, 0.4) is 0 Å². The molecule has 4 rings (SSSR count). The molecule has 0 saturated heterocycles. The molecule has 2 aromatic heterocycles. The zero-order valence-electron chi connectivity index (χ0n) is 12.1. The molecule has 0 aliphatic heterocycles. The first kappa shape index (κ1) is 12.8. The Morgan fingerprint density at radius 1 is 1.09 bits per heavy atom. The van der Waals surface area contributed by atoms with E-state index in [1.807, 2.05) is 12.1 Å². The summed E-state index contributed by atoms with van der Waals surface area (Å²) in [5.74, 6) is -0.0641. The van der Waals surface area contributed by atoms with Gasteiger partial charge in [-0.25, -0.2) is 0 Å². The fourth-order valence-electron chi connectivity index (χ4n) is 2.73. The second kappa shape index (κ2) is 4.80. The SMILES string of the molecule is Cc1cc([O-])c2n(Cc3ccc4ccccc4c3)nc[n+]2n1. The average Bonchev–Trinajstić information content (AvgIpc) is 2.90. The quantitative estimate of drug-likeness (QED) is 0.527. The van der Waals surface area contributed by atoms with Crippen LogP contribution < -0.4 is 9.62 Å². The van der Waals surface area contributed by atoms with Crippen LogP contribution in [0.25, 0.3) is 16.4 Å². The maximum Gasteiger partial charge on any atom is 0.289 e. The summed E-state index contributed by atoms with van der Waals surface area (Å²) in [5, 5.41) is 23.1. The number of hydrogen-bond donors (Lipinski definition) is 0. The van der Waals surface area contributed by atoms with E-state index in [-0.39, 0.29) is 5.75 Å². The Bertz CT molecular complexity index is 990. The van der Waals surface area contributed by atoms with E-state index >= 15 is 0 Å². The summed E-state index contributed by atoms with van der Waals surface area (Å²) in [7, 11) is 0. The monoisotopic (exact) mass is 290 g/mol. The van der Waals surface area contributed by atoms with E-state index < -0.39 is 0 Å². The number of rotatable bonds is 2. The number of hydrogen-bond acceptors (Lipinski definition) is 3. The lowest BCUT2D eigenvalue weighted by Gasteiger charge is -2.06. The Morgan fingerprint density at radius 2 is 1.91 bits per heavy atom. The number of aryl methyl sites for hydroxylation is 1. The molecule has 4 aromatic rings. The molecule has 0 spiro atoms. The van der Waals surface area contributed by atoms with E-state index in [9.17, 15) is 5.11 Å². The van der Waals surface area contributed by atoms with Gasteiger partial charge >= 0.3 is 0 Å². The normalized spacial score (nSPS) is 11.3. The van der Waals surface area contributed by atoms with E-state index in [1.54, 1.807) is 22.4 Å². The summed E-state index contributed by atoms with van der Waals surface area (Å²) in [6.07, 6.45) is 1.57. The van der Waals surface area contributed by atoms with Gasteiger partial charge in [0.2, 0.25) is 0 Å². The maximum absolute atomic E-state index is 12.2. The topological polar surface area (TPSA) is 57.9 Å². The highest BCUT2D eigenvalue weighted by Gasteiger charge is 2.14. The van der Waals surface area contributed by atoms with Crippen molar-refractivity contribution in [2.24, 2.45) is 0 Å². The van der Waals surface area contributed by atoms with Crippen LogP contribution in [0.1, 0.15) is 11.3 Å². The molecular weight excluding hydrogens is 276 g/mol. The first-order valence-corrected chi connectivity index (χ1v) is 7.10. The van der Waals surface area contributed by atoms with Crippen LogP contribution in [0.15, 0.2) is 54.9 Å². The lowest BCUT2D eigenvalue weighted by Crippen LogP contribution is -2.27. The second-order valence-electron chi connectivity index (χ2n) is 5.39. The third-order valence-corrected chi connectivity index (χ3v) is 3.73. The second-order valence-corrected chi connectivity index (χ2v) is 5.39. The minimum absolute atomic E-state index is 0.0641. The Kier molecular flexibility index (Phi) is 2.79. The molecule has 0 radical (unpaired) electrons. The molecule has 0 aliphatic carbocycles. The van der Waals surface area contributed by atoms with Crippen LogP contribution in [-0.2, 0) is 6.54 Å². The average molecular weight is 290 g/mol. The van der Waals surface area contributed by atoms with E-state index in [0.717, 1.165) is 5.56 Å². The molecule has 0 atom stereocenters. The molecule has 2 aromatic carbocycles. The summed E-state index contributed by atoms with van der Waals surface area (Å²) in [4.78, 5) is 0. The van der Waals surface area contributed by atoms with Gasteiger partial charge < -0.3 is 5.11 Å². The molecule has 5 nitrogen and oxygen atoms in total. The number of benzene rings is 2. The zero-order valence-corrected chi connectivity index (χ0v) is 12.1. The highest BCUT2D eigenvalue weighted by Crippen LogP contribution is 2.17. The number of fused-ring (bicyclic) bond motifs is 2. The van der Waals surface area contributed by atoms with Crippen molar-refractivity contribution < 1.29 is 9.62 Å².